The van der Waals surface area contributed by atoms with Gasteiger partial charge in [0.25, 0.3) is 0 Å². The van der Waals surface area contributed by atoms with Crippen molar-refractivity contribution in [2.45, 2.75) is 18.9 Å². The molecule has 0 saturated heterocycles. The summed E-state index contributed by atoms with van der Waals surface area (Å²) >= 11 is 3.62. The predicted octanol–water partition coefficient (Wildman–Crippen LogP) is 2.69. The maximum absolute atomic E-state index is 5.45. The number of fused-ring (bicyclic) bond motifs is 1. The molecule has 2 rings (SSSR count). The van der Waals surface area contributed by atoms with Crippen molar-refractivity contribution in [3.05, 3.63) is 33.8 Å². The Morgan fingerprint density at radius 3 is 3.06 bits per heavy atom. The van der Waals surface area contributed by atoms with Crippen LogP contribution >= 0.6 is 15.9 Å². The first kappa shape index (κ1) is 14.0. The molecule has 0 saturated carbocycles. The lowest BCUT2D eigenvalue weighted by Gasteiger charge is -2.14. The molecule has 1 atom stereocenters. The lowest BCUT2D eigenvalue weighted by molar-refractivity contribution is 0.0710. The van der Waals surface area contributed by atoms with Crippen molar-refractivity contribution in [1.82, 2.24) is 5.32 Å². The molecule has 0 amide bonds. The minimum atomic E-state index is 0.475. The molecule has 1 unspecified atom stereocenters. The zero-order valence-corrected chi connectivity index (χ0v) is 12.3. The van der Waals surface area contributed by atoms with E-state index in [0.717, 1.165) is 19.6 Å². The van der Waals surface area contributed by atoms with Crippen LogP contribution in [0.5, 0.6) is 0 Å². The summed E-state index contributed by atoms with van der Waals surface area (Å²) in [5.41, 5.74) is 2.89. The smallest absolute Gasteiger partial charge is 0.0700 e. The Morgan fingerprint density at radius 1 is 1.33 bits per heavy atom. The fourth-order valence-electron chi connectivity index (χ4n) is 2.37. The van der Waals surface area contributed by atoms with Crippen molar-refractivity contribution in [2.24, 2.45) is 0 Å². The molecule has 0 heterocycles. The van der Waals surface area contributed by atoms with E-state index in [-0.39, 0.29) is 0 Å². The Kier molecular flexibility index (Phi) is 5.63. The fourth-order valence-corrected chi connectivity index (χ4v) is 2.95. The van der Waals surface area contributed by atoms with Crippen LogP contribution in [0.2, 0.25) is 0 Å². The highest BCUT2D eigenvalue weighted by atomic mass is 79.9. The Hall–Kier alpha value is -0.420. The van der Waals surface area contributed by atoms with Crippen LogP contribution in [0.15, 0.2) is 22.7 Å². The molecule has 0 bridgehead atoms. The van der Waals surface area contributed by atoms with E-state index in [0.29, 0.717) is 19.3 Å². The summed E-state index contributed by atoms with van der Waals surface area (Å²) in [6, 6.07) is 6.92. The van der Waals surface area contributed by atoms with Crippen LogP contribution in [0, 0.1) is 0 Å². The lowest BCUT2D eigenvalue weighted by atomic mass is 10.1. The molecule has 1 N–H and O–H groups in total. The number of halogens is 1. The van der Waals surface area contributed by atoms with Gasteiger partial charge in [0.15, 0.2) is 0 Å². The summed E-state index contributed by atoms with van der Waals surface area (Å²) in [7, 11) is 1.69. The van der Waals surface area contributed by atoms with Gasteiger partial charge < -0.3 is 14.8 Å². The Morgan fingerprint density at radius 2 is 2.22 bits per heavy atom. The van der Waals surface area contributed by atoms with Crippen LogP contribution in [0.3, 0.4) is 0 Å². The van der Waals surface area contributed by atoms with Crippen LogP contribution in [-0.4, -0.2) is 33.5 Å². The van der Waals surface area contributed by atoms with E-state index in [1.165, 1.54) is 22.0 Å². The Labute approximate surface area is 117 Å². The van der Waals surface area contributed by atoms with E-state index in [4.69, 9.17) is 9.47 Å². The van der Waals surface area contributed by atoms with E-state index >= 15 is 0 Å². The van der Waals surface area contributed by atoms with Crippen molar-refractivity contribution < 1.29 is 9.47 Å². The number of rotatable bonds is 7. The molecule has 3 nitrogen and oxygen atoms in total. The molecule has 1 aliphatic rings. The lowest BCUT2D eigenvalue weighted by Crippen LogP contribution is -2.24. The van der Waals surface area contributed by atoms with Gasteiger partial charge in [0.05, 0.1) is 19.8 Å². The van der Waals surface area contributed by atoms with Gasteiger partial charge in [-0.25, -0.2) is 0 Å². The number of benzene rings is 1. The molecule has 0 fully saturated rings. The van der Waals surface area contributed by atoms with Crippen LogP contribution in [-0.2, 0) is 15.9 Å². The van der Waals surface area contributed by atoms with Gasteiger partial charge in [0.1, 0.15) is 0 Å². The molecule has 1 aromatic rings. The number of methoxy groups -OCH3 is 1. The van der Waals surface area contributed by atoms with E-state index in [9.17, 15) is 0 Å². The van der Waals surface area contributed by atoms with Crippen molar-refractivity contribution in [2.75, 3.05) is 33.5 Å². The molecule has 4 heteroatoms. The maximum Gasteiger partial charge on any atom is 0.0700 e. The van der Waals surface area contributed by atoms with E-state index < -0.39 is 0 Å². The first-order chi connectivity index (χ1) is 8.83. The van der Waals surface area contributed by atoms with Crippen molar-refractivity contribution in [3.8, 4) is 0 Å². The summed E-state index contributed by atoms with van der Waals surface area (Å²) in [6.07, 6.45) is 2.33. The minimum Gasteiger partial charge on any atom is -0.382 e. The van der Waals surface area contributed by atoms with Crippen LogP contribution in [0.4, 0.5) is 0 Å². The van der Waals surface area contributed by atoms with Gasteiger partial charge in [-0.3, -0.25) is 0 Å². The van der Waals surface area contributed by atoms with Crippen molar-refractivity contribution in [3.63, 3.8) is 0 Å². The minimum absolute atomic E-state index is 0.475. The molecule has 1 aromatic carbocycles. The average molecular weight is 314 g/mol. The monoisotopic (exact) mass is 313 g/mol. The third-order valence-corrected chi connectivity index (χ3v) is 4.03. The molecule has 0 aromatic heterocycles. The number of ether oxygens (including phenoxy) is 2. The third kappa shape index (κ3) is 3.54. The second kappa shape index (κ2) is 7.24. The van der Waals surface area contributed by atoms with Crippen LogP contribution in [0.1, 0.15) is 23.6 Å². The molecular formula is C14H20BrNO2. The Bertz CT molecular complexity index is 384. The first-order valence-corrected chi connectivity index (χ1v) is 7.19. The van der Waals surface area contributed by atoms with Gasteiger partial charge in [-0.15, -0.1) is 0 Å². The highest BCUT2D eigenvalue weighted by Crippen LogP contribution is 2.35. The largest absolute Gasteiger partial charge is 0.382 e. The zero-order valence-electron chi connectivity index (χ0n) is 10.7. The zero-order chi connectivity index (χ0) is 12.8. The van der Waals surface area contributed by atoms with Gasteiger partial charge >= 0.3 is 0 Å². The molecule has 18 heavy (non-hydrogen) atoms. The third-order valence-electron chi connectivity index (χ3n) is 3.28. The van der Waals surface area contributed by atoms with Gasteiger partial charge in [-0.05, 0) is 30.0 Å². The molecular weight excluding hydrogens is 294 g/mol. The average Bonchev–Trinajstić information content (AvgIpc) is 2.79. The normalized spacial score (nSPS) is 18.0. The van der Waals surface area contributed by atoms with Crippen LogP contribution in [0.25, 0.3) is 0 Å². The quantitative estimate of drug-likeness (QED) is 0.785. The summed E-state index contributed by atoms with van der Waals surface area (Å²) in [5.74, 6) is 0. The van der Waals surface area contributed by atoms with E-state index in [1.807, 2.05) is 0 Å². The maximum atomic E-state index is 5.45. The molecule has 1 aliphatic carbocycles. The predicted molar refractivity (Wildman–Crippen MR) is 75.9 cm³/mol. The summed E-state index contributed by atoms with van der Waals surface area (Å²) < 4.78 is 11.6. The number of hydrogen-bond donors (Lipinski definition) is 1. The first-order valence-electron chi connectivity index (χ1n) is 6.40. The Balaban J connectivity index is 1.75. The summed E-state index contributed by atoms with van der Waals surface area (Å²) in [4.78, 5) is 0. The van der Waals surface area contributed by atoms with Gasteiger partial charge in [0.2, 0.25) is 0 Å². The van der Waals surface area contributed by atoms with Gasteiger partial charge in [0, 0.05) is 24.2 Å². The standard InChI is InChI=1S/C14H20BrNO2/c1-17-9-10-18-8-7-16-14-6-5-11-12(14)3-2-4-13(11)15/h2-4,14,16H,5-10H2,1H3. The number of nitrogens with one attached hydrogen (secondary N) is 1. The van der Waals surface area contributed by atoms with E-state index in [2.05, 4.69) is 39.4 Å². The van der Waals surface area contributed by atoms with Crippen LogP contribution < -0.4 is 5.32 Å². The molecule has 100 valence electrons. The summed E-state index contributed by atoms with van der Waals surface area (Å²) in [5, 5.41) is 3.56. The highest BCUT2D eigenvalue weighted by molar-refractivity contribution is 9.10. The molecule has 0 radical (unpaired) electrons. The van der Waals surface area contributed by atoms with Gasteiger partial charge in [-0.2, -0.15) is 0 Å². The SMILES string of the molecule is COCCOCCNC1CCc2c(Br)cccc21. The van der Waals surface area contributed by atoms with Crippen molar-refractivity contribution in [1.29, 1.82) is 0 Å². The van der Waals surface area contributed by atoms with Gasteiger partial charge in [-0.1, -0.05) is 28.1 Å². The second-order valence-electron chi connectivity index (χ2n) is 4.46. The number of hydrogen-bond acceptors (Lipinski definition) is 3. The second-order valence-corrected chi connectivity index (χ2v) is 5.31. The van der Waals surface area contributed by atoms with E-state index in [1.54, 1.807) is 7.11 Å². The molecule has 0 spiro atoms. The molecule has 0 aliphatic heterocycles. The topological polar surface area (TPSA) is 30.5 Å². The highest BCUT2D eigenvalue weighted by Gasteiger charge is 2.22. The summed E-state index contributed by atoms with van der Waals surface area (Å²) in [6.45, 7) is 2.97. The fraction of sp³-hybridized carbons (Fsp3) is 0.571. The van der Waals surface area contributed by atoms with Crippen molar-refractivity contribution >= 4 is 15.9 Å².